The first-order chi connectivity index (χ1) is 6.46. The molecule has 0 aromatic carbocycles. The Morgan fingerprint density at radius 3 is 2.71 bits per heavy atom. The molecule has 0 aromatic rings. The van der Waals surface area contributed by atoms with Crippen LogP contribution in [0.15, 0.2) is 11.2 Å². The monoisotopic (exact) mass is 218 g/mol. The van der Waals surface area contributed by atoms with Crippen molar-refractivity contribution in [2.45, 2.75) is 38.9 Å². The highest BCUT2D eigenvalue weighted by atomic mass is 35.5. The molecule has 0 aliphatic carbocycles. The SMILES string of the molecule is CCC1(C)NC(C(C)=O)N(O)/C1=C\Cl. The minimum atomic E-state index is -0.690. The molecule has 0 radical (unpaired) electrons. The number of nitrogens with one attached hydrogen (secondary N) is 1. The van der Waals surface area contributed by atoms with Gasteiger partial charge in [-0.15, -0.1) is 0 Å². The summed E-state index contributed by atoms with van der Waals surface area (Å²) in [5.41, 5.74) is 1.40. The van der Waals surface area contributed by atoms with Gasteiger partial charge in [0.15, 0.2) is 11.9 Å². The number of halogens is 1. The molecular formula is C9H15ClN2O2. The Morgan fingerprint density at radius 2 is 2.43 bits per heavy atom. The molecule has 80 valence electrons. The first kappa shape index (κ1) is 11.5. The topological polar surface area (TPSA) is 52.6 Å². The lowest BCUT2D eigenvalue weighted by molar-refractivity contribution is -0.136. The fourth-order valence-corrected chi connectivity index (χ4v) is 1.90. The lowest BCUT2D eigenvalue weighted by Crippen LogP contribution is -2.44. The minimum Gasteiger partial charge on any atom is -0.296 e. The van der Waals surface area contributed by atoms with E-state index in [-0.39, 0.29) is 5.78 Å². The molecule has 1 fully saturated rings. The molecule has 1 rings (SSSR count). The minimum absolute atomic E-state index is 0.138. The van der Waals surface area contributed by atoms with Crippen LogP contribution in [0.5, 0.6) is 0 Å². The average molecular weight is 219 g/mol. The maximum absolute atomic E-state index is 11.2. The predicted octanol–water partition coefficient (Wildman–Crippen LogP) is 1.44. The summed E-state index contributed by atoms with van der Waals surface area (Å²) in [6, 6.07) is 0. The molecule has 5 heteroatoms. The van der Waals surface area contributed by atoms with Gasteiger partial charge in [-0.3, -0.25) is 15.3 Å². The second kappa shape index (κ2) is 3.88. The van der Waals surface area contributed by atoms with Crippen molar-refractivity contribution in [2.75, 3.05) is 0 Å². The third-order valence-electron chi connectivity index (χ3n) is 2.71. The maximum atomic E-state index is 11.2. The van der Waals surface area contributed by atoms with E-state index in [0.29, 0.717) is 5.70 Å². The second-order valence-electron chi connectivity index (χ2n) is 3.68. The Balaban J connectivity index is 3.02. The first-order valence-corrected chi connectivity index (χ1v) is 4.97. The van der Waals surface area contributed by atoms with Crippen molar-refractivity contribution in [1.29, 1.82) is 0 Å². The van der Waals surface area contributed by atoms with Crippen molar-refractivity contribution in [3.63, 3.8) is 0 Å². The molecule has 2 unspecified atom stereocenters. The van der Waals surface area contributed by atoms with Crippen molar-refractivity contribution >= 4 is 17.4 Å². The molecule has 4 nitrogen and oxygen atoms in total. The second-order valence-corrected chi connectivity index (χ2v) is 3.90. The summed E-state index contributed by atoms with van der Waals surface area (Å²) in [5, 5.41) is 13.6. The van der Waals surface area contributed by atoms with E-state index in [0.717, 1.165) is 11.5 Å². The largest absolute Gasteiger partial charge is 0.296 e. The highest BCUT2D eigenvalue weighted by Crippen LogP contribution is 2.31. The zero-order valence-corrected chi connectivity index (χ0v) is 9.30. The fourth-order valence-electron chi connectivity index (χ4n) is 1.56. The van der Waals surface area contributed by atoms with Crippen LogP contribution in [0, 0.1) is 0 Å². The van der Waals surface area contributed by atoms with E-state index in [1.54, 1.807) is 0 Å². The van der Waals surface area contributed by atoms with Crippen molar-refractivity contribution < 1.29 is 10.0 Å². The van der Waals surface area contributed by atoms with E-state index < -0.39 is 11.7 Å². The van der Waals surface area contributed by atoms with E-state index in [9.17, 15) is 10.0 Å². The number of Topliss-reactive ketones (excluding diaryl/α,β-unsaturated/α-hetero) is 1. The standard InChI is InChI=1S/C9H15ClN2O2/c1-4-9(3)7(5-10)12(14)8(11-9)6(2)13/h5,8,11,14H,4H2,1-3H3/b7-5-. The summed E-state index contributed by atoms with van der Waals surface area (Å²) in [6.07, 6.45) is 0.0526. The van der Waals surface area contributed by atoms with Crippen molar-refractivity contribution in [3.8, 4) is 0 Å². The van der Waals surface area contributed by atoms with Crippen LogP contribution in [0.1, 0.15) is 27.2 Å². The molecule has 1 saturated heterocycles. The maximum Gasteiger partial charge on any atom is 0.169 e. The zero-order chi connectivity index (χ0) is 10.9. The van der Waals surface area contributed by atoms with Crippen LogP contribution < -0.4 is 5.32 Å². The molecule has 1 aliphatic rings. The quantitative estimate of drug-likeness (QED) is 0.737. The van der Waals surface area contributed by atoms with Crippen LogP contribution >= 0.6 is 11.6 Å². The lowest BCUT2D eigenvalue weighted by Gasteiger charge is -2.23. The molecule has 2 N–H and O–H groups in total. The van der Waals surface area contributed by atoms with Gasteiger partial charge >= 0.3 is 0 Å². The van der Waals surface area contributed by atoms with Crippen LogP contribution in [-0.4, -0.2) is 27.8 Å². The number of hydrogen-bond acceptors (Lipinski definition) is 4. The van der Waals surface area contributed by atoms with Crippen LogP contribution in [0.25, 0.3) is 0 Å². The first-order valence-electron chi connectivity index (χ1n) is 4.53. The number of rotatable bonds is 2. The van der Waals surface area contributed by atoms with Crippen molar-refractivity contribution in [1.82, 2.24) is 10.4 Å². The van der Waals surface area contributed by atoms with Crippen LogP contribution in [0.3, 0.4) is 0 Å². The van der Waals surface area contributed by atoms with Crippen molar-refractivity contribution in [3.05, 3.63) is 11.2 Å². The molecule has 2 atom stereocenters. The summed E-state index contributed by atoms with van der Waals surface area (Å²) < 4.78 is 0. The Morgan fingerprint density at radius 1 is 1.86 bits per heavy atom. The number of carbonyl (C=O) groups excluding carboxylic acids is 1. The molecule has 1 heterocycles. The van der Waals surface area contributed by atoms with Gasteiger partial charge in [-0.25, -0.2) is 5.06 Å². The van der Waals surface area contributed by atoms with E-state index in [4.69, 9.17) is 11.6 Å². The molecule has 1 aliphatic heterocycles. The third kappa shape index (κ3) is 1.65. The summed E-state index contributed by atoms with van der Waals surface area (Å²) in [7, 11) is 0. The van der Waals surface area contributed by atoms with Gasteiger partial charge in [0, 0.05) is 5.54 Å². The normalized spacial score (nSPS) is 35.4. The Labute approximate surface area is 88.5 Å². The Hall–Kier alpha value is -0.580. The zero-order valence-electron chi connectivity index (χ0n) is 8.54. The average Bonchev–Trinajstić information content (AvgIpc) is 2.39. The molecule has 0 bridgehead atoms. The van der Waals surface area contributed by atoms with Crippen LogP contribution in [-0.2, 0) is 4.79 Å². The summed E-state index contributed by atoms with van der Waals surface area (Å²) >= 11 is 5.62. The van der Waals surface area contributed by atoms with Gasteiger partial charge < -0.3 is 0 Å². The summed E-state index contributed by atoms with van der Waals surface area (Å²) in [4.78, 5) is 11.2. The molecule has 0 amide bonds. The number of nitrogens with zero attached hydrogens (tertiary/aromatic N) is 1. The van der Waals surface area contributed by atoms with E-state index >= 15 is 0 Å². The summed E-state index contributed by atoms with van der Waals surface area (Å²) in [6.45, 7) is 5.28. The fraction of sp³-hybridized carbons (Fsp3) is 0.667. The van der Waals surface area contributed by atoms with Gasteiger partial charge in [0.25, 0.3) is 0 Å². The highest BCUT2D eigenvalue weighted by Gasteiger charge is 2.44. The molecule has 14 heavy (non-hydrogen) atoms. The van der Waals surface area contributed by atoms with Gasteiger partial charge in [-0.05, 0) is 20.3 Å². The van der Waals surface area contributed by atoms with Gasteiger partial charge in [-0.2, -0.15) is 0 Å². The van der Waals surface area contributed by atoms with E-state index in [2.05, 4.69) is 5.32 Å². The third-order valence-corrected chi connectivity index (χ3v) is 2.91. The van der Waals surface area contributed by atoms with Gasteiger partial charge in [0.2, 0.25) is 0 Å². The Bertz CT molecular complexity index is 280. The highest BCUT2D eigenvalue weighted by molar-refractivity contribution is 6.25. The van der Waals surface area contributed by atoms with Gasteiger partial charge in [-0.1, -0.05) is 18.5 Å². The van der Waals surface area contributed by atoms with E-state index in [1.165, 1.54) is 12.5 Å². The Kier molecular flexibility index (Phi) is 3.19. The predicted molar refractivity (Wildman–Crippen MR) is 53.9 cm³/mol. The lowest BCUT2D eigenvalue weighted by atomic mass is 9.97. The van der Waals surface area contributed by atoms with Crippen LogP contribution in [0.4, 0.5) is 0 Å². The summed E-state index contributed by atoms with van der Waals surface area (Å²) in [5.74, 6) is -0.138. The van der Waals surface area contributed by atoms with E-state index in [1.807, 2.05) is 13.8 Å². The number of carbonyl (C=O) groups is 1. The molecule has 0 aromatic heterocycles. The molecular weight excluding hydrogens is 204 g/mol. The number of hydrogen-bond donors (Lipinski definition) is 2. The smallest absolute Gasteiger partial charge is 0.169 e. The van der Waals surface area contributed by atoms with Crippen molar-refractivity contribution in [2.24, 2.45) is 0 Å². The number of hydroxylamine groups is 2. The molecule has 0 saturated carbocycles. The van der Waals surface area contributed by atoms with Gasteiger partial charge in [0.05, 0.1) is 11.2 Å². The van der Waals surface area contributed by atoms with Gasteiger partial charge in [0.1, 0.15) is 0 Å². The number of ketones is 1. The molecule has 0 spiro atoms. The van der Waals surface area contributed by atoms with Crippen LogP contribution in [0.2, 0.25) is 0 Å².